The number of carbonyl (C=O) groups is 1. The van der Waals surface area contributed by atoms with Crippen molar-refractivity contribution < 1.29 is 18.0 Å². The third-order valence-corrected chi connectivity index (χ3v) is 3.48. The van der Waals surface area contributed by atoms with Crippen molar-refractivity contribution in [3.63, 3.8) is 0 Å². The number of nitrogens with zero attached hydrogens (tertiary/aromatic N) is 2. The van der Waals surface area contributed by atoms with Crippen LogP contribution in [0.4, 0.5) is 13.2 Å². The molecule has 3 nitrogen and oxygen atoms in total. The number of benzene rings is 1. The first-order chi connectivity index (χ1) is 9.91. The molecular formula is C14H13F3N2OS. The smallest absolute Gasteiger partial charge is 0.340 e. The second-order valence-corrected chi connectivity index (χ2v) is 4.99. The maximum Gasteiger partial charge on any atom is 0.416 e. The highest BCUT2D eigenvalue weighted by Gasteiger charge is 2.31. The predicted octanol–water partition coefficient (Wildman–Crippen LogP) is 3.47. The van der Waals surface area contributed by atoms with Gasteiger partial charge >= 0.3 is 6.18 Å². The molecule has 1 fully saturated rings. The Morgan fingerprint density at radius 2 is 2.19 bits per heavy atom. The Kier molecular flexibility index (Phi) is 4.75. The SMILES string of the molecule is O=C1CCCN1C[C@H](N=C=S)c1cccc(C(F)(F)F)c1. The Hall–Kier alpha value is -1.72. The van der Waals surface area contributed by atoms with E-state index >= 15 is 0 Å². The van der Waals surface area contributed by atoms with Crippen LogP contribution in [0, 0.1) is 0 Å². The molecule has 1 aromatic carbocycles. The van der Waals surface area contributed by atoms with Crippen molar-refractivity contribution in [2.24, 2.45) is 4.99 Å². The molecular weight excluding hydrogens is 301 g/mol. The molecule has 21 heavy (non-hydrogen) atoms. The molecule has 1 aliphatic heterocycles. The summed E-state index contributed by atoms with van der Waals surface area (Å²) >= 11 is 4.56. The fourth-order valence-electron chi connectivity index (χ4n) is 2.31. The lowest BCUT2D eigenvalue weighted by atomic mass is 10.0. The summed E-state index contributed by atoms with van der Waals surface area (Å²) in [7, 11) is 0. The minimum atomic E-state index is -4.41. The first-order valence-electron chi connectivity index (χ1n) is 6.43. The second-order valence-electron chi connectivity index (χ2n) is 4.80. The van der Waals surface area contributed by atoms with E-state index in [0.29, 0.717) is 18.5 Å². The van der Waals surface area contributed by atoms with E-state index in [9.17, 15) is 18.0 Å². The third kappa shape index (κ3) is 3.89. The van der Waals surface area contributed by atoms with E-state index in [1.54, 1.807) is 11.0 Å². The van der Waals surface area contributed by atoms with Gasteiger partial charge in [-0.25, -0.2) is 4.99 Å². The van der Waals surface area contributed by atoms with Gasteiger partial charge in [0.25, 0.3) is 0 Å². The number of aliphatic imine (C=N–C) groups is 1. The number of hydrogen-bond donors (Lipinski definition) is 0. The van der Waals surface area contributed by atoms with Gasteiger partial charge in [0.05, 0.1) is 10.7 Å². The summed E-state index contributed by atoms with van der Waals surface area (Å²) in [4.78, 5) is 17.1. The number of thiocarbonyl (C=S) groups is 1. The number of alkyl halides is 3. The van der Waals surface area contributed by atoms with Crippen molar-refractivity contribution >= 4 is 23.3 Å². The van der Waals surface area contributed by atoms with Crippen LogP contribution < -0.4 is 0 Å². The monoisotopic (exact) mass is 314 g/mol. The number of isothiocyanates is 1. The molecule has 0 spiro atoms. The average molecular weight is 314 g/mol. The molecule has 7 heteroatoms. The second kappa shape index (κ2) is 6.37. The zero-order valence-electron chi connectivity index (χ0n) is 11.1. The summed E-state index contributed by atoms with van der Waals surface area (Å²) in [5.74, 6) is -0.00783. The van der Waals surface area contributed by atoms with Crippen LogP contribution in [0.5, 0.6) is 0 Å². The van der Waals surface area contributed by atoms with Gasteiger partial charge in [0, 0.05) is 19.5 Å². The molecule has 1 amide bonds. The van der Waals surface area contributed by atoms with Gasteiger partial charge in [-0.2, -0.15) is 13.2 Å². The summed E-state index contributed by atoms with van der Waals surface area (Å²) in [6.07, 6.45) is -3.18. The molecule has 1 aromatic rings. The highest BCUT2D eigenvalue weighted by atomic mass is 32.1. The summed E-state index contributed by atoms with van der Waals surface area (Å²) in [6, 6.07) is 4.31. The molecule has 0 bridgehead atoms. The lowest BCUT2D eigenvalue weighted by Gasteiger charge is -2.21. The van der Waals surface area contributed by atoms with Crippen molar-refractivity contribution in [2.45, 2.75) is 25.1 Å². The Balaban J connectivity index is 2.26. The number of rotatable bonds is 4. The van der Waals surface area contributed by atoms with Gasteiger partial charge < -0.3 is 4.90 Å². The fourth-order valence-corrected chi connectivity index (χ4v) is 2.44. The number of carbonyl (C=O) groups excluding carboxylic acids is 1. The Morgan fingerprint density at radius 1 is 1.43 bits per heavy atom. The molecule has 0 aromatic heterocycles. The molecule has 2 rings (SSSR count). The number of amides is 1. The van der Waals surface area contributed by atoms with E-state index in [1.807, 2.05) is 0 Å². The Morgan fingerprint density at radius 3 is 2.76 bits per heavy atom. The van der Waals surface area contributed by atoms with Crippen LogP contribution in [0.2, 0.25) is 0 Å². The van der Waals surface area contributed by atoms with E-state index in [0.717, 1.165) is 18.6 Å². The molecule has 1 aliphatic rings. The van der Waals surface area contributed by atoms with E-state index in [1.165, 1.54) is 6.07 Å². The summed E-state index contributed by atoms with van der Waals surface area (Å²) in [5, 5.41) is 2.20. The van der Waals surface area contributed by atoms with Gasteiger partial charge in [-0.1, -0.05) is 12.1 Å². The normalized spacial score (nSPS) is 16.7. The Labute approximate surface area is 125 Å². The van der Waals surface area contributed by atoms with Crippen LogP contribution >= 0.6 is 12.2 Å². The van der Waals surface area contributed by atoms with Crippen LogP contribution in [0.15, 0.2) is 29.3 Å². The van der Waals surface area contributed by atoms with Gasteiger partial charge in [-0.05, 0) is 36.3 Å². The first-order valence-corrected chi connectivity index (χ1v) is 6.84. The Bertz CT molecular complexity index is 582. The standard InChI is InChI=1S/C14H13F3N2OS/c15-14(16,17)11-4-1-3-10(7-11)12(18-9-21)8-19-6-2-5-13(19)20/h1,3-4,7,12H,2,5-6,8H2/t12-/m0/s1. The summed E-state index contributed by atoms with van der Waals surface area (Å²) < 4.78 is 38.3. The lowest BCUT2D eigenvalue weighted by molar-refractivity contribution is -0.137. The van der Waals surface area contributed by atoms with Crippen molar-refractivity contribution in [1.29, 1.82) is 0 Å². The molecule has 1 atom stereocenters. The molecule has 112 valence electrons. The number of hydrogen-bond acceptors (Lipinski definition) is 3. The molecule has 0 unspecified atom stereocenters. The highest BCUT2D eigenvalue weighted by Crippen LogP contribution is 2.31. The summed E-state index contributed by atoms with van der Waals surface area (Å²) in [6.45, 7) is 0.824. The van der Waals surface area contributed by atoms with Crippen LogP contribution in [0.1, 0.15) is 30.0 Å². The maximum atomic E-state index is 12.8. The van der Waals surface area contributed by atoms with Gasteiger partial charge in [0.2, 0.25) is 5.91 Å². The number of likely N-dealkylation sites (tertiary alicyclic amines) is 1. The van der Waals surface area contributed by atoms with E-state index < -0.39 is 17.8 Å². The van der Waals surface area contributed by atoms with Gasteiger partial charge in [-0.15, -0.1) is 0 Å². The quantitative estimate of drug-likeness (QED) is 0.630. The minimum absolute atomic E-state index is 0.00783. The van der Waals surface area contributed by atoms with Gasteiger partial charge in [0.15, 0.2) is 0 Å². The molecule has 0 saturated carbocycles. The van der Waals surface area contributed by atoms with Crippen molar-refractivity contribution in [3.05, 3.63) is 35.4 Å². The molecule has 0 radical (unpaired) electrons. The predicted molar refractivity (Wildman–Crippen MR) is 75.0 cm³/mol. The maximum absolute atomic E-state index is 12.8. The molecule has 1 heterocycles. The highest BCUT2D eigenvalue weighted by molar-refractivity contribution is 7.78. The van der Waals surface area contributed by atoms with Crippen LogP contribution in [-0.4, -0.2) is 29.1 Å². The van der Waals surface area contributed by atoms with Crippen LogP contribution in [0.3, 0.4) is 0 Å². The van der Waals surface area contributed by atoms with E-state index in [-0.39, 0.29) is 12.5 Å². The average Bonchev–Trinajstić information content (AvgIpc) is 2.83. The van der Waals surface area contributed by atoms with Crippen molar-refractivity contribution in [1.82, 2.24) is 4.90 Å². The minimum Gasteiger partial charge on any atom is -0.340 e. The molecule has 0 aliphatic carbocycles. The van der Waals surface area contributed by atoms with Crippen molar-refractivity contribution in [2.75, 3.05) is 13.1 Å². The number of halogens is 3. The lowest BCUT2D eigenvalue weighted by Crippen LogP contribution is -2.29. The van der Waals surface area contributed by atoms with E-state index in [4.69, 9.17) is 0 Å². The fraction of sp³-hybridized carbons (Fsp3) is 0.429. The van der Waals surface area contributed by atoms with Crippen molar-refractivity contribution in [3.8, 4) is 0 Å². The van der Waals surface area contributed by atoms with Gasteiger partial charge in [0.1, 0.15) is 6.04 Å². The molecule has 0 N–H and O–H groups in total. The van der Waals surface area contributed by atoms with Gasteiger partial charge in [-0.3, -0.25) is 4.79 Å². The van der Waals surface area contributed by atoms with Crippen LogP contribution in [-0.2, 0) is 11.0 Å². The largest absolute Gasteiger partial charge is 0.416 e. The van der Waals surface area contributed by atoms with Crippen LogP contribution in [0.25, 0.3) is 0 Å². The zero-order chi connectivity index (χ0) is 15.5. The molecule has 1 saturated heterocycles. The van der Waals surface area contributed by atoms with E-state index in [2.05, 4.69) is 22.4 Å². The first kappa shape index (κ1) is 15.7. The zero-order valence-corrected chi connectivity index (χ0v) is 11.9. The summed E-state index contributed by atoms with van der Waals surface area (Å²) in [5.41, 5.74) is -0.362. The topological polar surface area (TPSA) is 32.7 Å². The third-order valence-electron chi connectivity index (χ3n) is 3.37.